The molecule has 2 N–H and O–H groups in total. The van der Waals surface area contributed by atoms with E-state index in [1.807, 2.05) is 37.3 Å². The van der Waals surface area contributed by atoms with Gasteiger partial charge in [0, 0.05) is 29.0 Å². The van der Waals surface area contributed by atoms with Crippen LogP contribution >= 0.6 is 0 Å². The summed E-state index contributed by atoms with van der Waals surface area (Å²) in [5.74, 6) is 1.30. The molecule has 2 aromatic heterocycles. The lowest BCUT2D eigenvalue weighted by Gasteiger charge is -2.11. The van der Waals surface area contributed by atoms with Gasteiger partial charge in [0.15, 0.2) is 11.5 Å². The molecule has 8 heteroatoms. The van der Waals surface area contributed by atoms with Crippen LogP contribution in [0.1, 0.15) is 16.2 Å². The first-order valence-corrected chi connectivity index (χ1v) is 9.29. The molecule has 0 bridgehead atoms. The Bertz CT molecular complexity index is 1230. The molecule has 0 saturated carbocycles. The van der Waals surface area contributed by atoms with Crippen molar-refractivity contribution in [3.05, 3.63) is 60.0 Å². The zero-order chi connectivity index (χ0) is 21.3. The number of H-pyrrole nitrogens is 1. The SMILES string of the molecule is COc1cc(OC)c2cc(C(=O)Nc3cccc(-n4nccc4C)c3)[nH]c2c1OC. The summed E-state index contributed by atoms with van der Waals surface area (Å²) in [5.41, 5.74) is 3.51. The fraction of sp³-hybridized carbons (Fsp3) is 0.182. The molecule has 0 aliphatic rings. The van der Waals surface area contributed by atoms with E-state index in [1.165, 1.54) is 0 Å². The predicted octanol–water partition coefficient (Wildman–Crippen LogP) is 3.94. The van der Waals surface area contributed by atoms with Crippen LogP contribution in [0.3, 0.4) is 0 Å². The van der Waals surface area contributed by atoms with Crippen molar-refractivity contribution >= 4 is 22.5 Å². The van der Waals surface area contributed by atoms with Crippen LogP contribution in [0.25, 0.3) is 16.6 Å². The second-order valence-corrected chi connectivity index (χ2v) is 6.67. The largest absolute Gasteiger partial charge is 0.496 e. The molecule has 0 saturated heterocycles. The number of nitrogens with one attached hydrogen (secondary N) is 2. The number of hydrogen-bond donors (Lipinski definition) is 2. The van der Waals surface area contributed by atoms with Crippen LogP contribution in [0.4, 0.5) is 5.69 Å². The number of aromatic nitrogens is 3. The number of ether oxygens (including phenoxy) is 3. The number of aryl methyl sites for hydroxylation is 1. The van der Waals surface area contributed by atoms with Crippen LogP contribution in [0.5, 0.6) is 17.2 Å². The molecule has 2 heterocycles. The smallest absolute Gasteiger partial charge is 0.272 e. The van der Waals surface area contributed by atoms with Gasteiger partial charge in [0.25, 0.3) is 5.91 Å². The van der Waals surface area contributed by atoms with Gasteiger partial charge in [0.1, 0.15) is 11.4 Å². The van der Waals surface area contributed by atoms with Crippen molar-refractivity contribution in [3.63, 3.8) is 0 Å². The number of aromatic amines is 1. The van der Waals surface area contributed by atoms with Crippen molar-refractivity contribution in [1.82, 2.24) is 14.8 Å². The van der Waals surface area contributed by atoms with Gasteiger partial charge in [-0.05, 0) is 37.3 Å². The summed E-state index contributed by atoms with van der Waals surface area (Å²) in [5, 5.41) is 7.95. The van der Waals surface area contributed by atoms with Crippen molar-refractivity contribution in [2.24, 2.45) is 0 Å². The van der Waals surface area contributed by atoms with Crippen molar-refractivity contribution < 1.29 is 19.0 Å². The van der Waals surface area contributed by atoms with E-state index in [4.69, 9.17) is 14.2 Å². The molecule has 0 radical (unpaired) electrons. The van der Waals surface area contributed by atoms with Gasteiger partial charge < -0.3 is 24.5 Å². The number of carbonyl (C=O) groups excluding carboxylic acids is 1. The third kappa shape index (κ3) is 3.32. The Labute approximate surface area is 173 Å². The van der Waals surface area contributed by atoms with Crippen molar-refractivity contribution in [1.29, 1.82) is 0 Å². The number of carbonyl (C=O) groups is 1. The topological polar surface area (TPSA) is 90.4 Å². The maximum atomic E-state index is 12.9. The lowest BCUT2D eigenvalue weighted by molar-refractivity contribution is 0.102. The first kappa shape index (κ1) is 19.4. The zero-order valence-corrected chi connectivity index (χ0v) is 17.1. The number of rotatable bonds is 6. The third-order valence-electron chi connectivity index (χ3n) is 4.87. The lowest BCUT2D eigenvalue weighted by atomic mass is 10.2. The zero-order valence-electron chi connectivity index (χ0n) is 17.1. The summed E-state index contributed by atoms with van der Waals surface area (Å²) in [6.45, 7) is 1.97. The van der Waals surface area contributed by atoms with Crippen molar-refractivity contribution in [2.45, 2.75) is 6.92 Å². The van der Waals surface area contributed by atoms with Gasteiger partial charge >= 0.3 is 0 Å². The first-order chi connectivity index (χ1) is 14.5. The normalized spacial score (nSPS) is 10.8. The molecule has 0 fully saturated rings. The molecule has 4 rings (SSSR count). The van der Waals surface area contributed by atoms with E-state index in [9.17, 15) is 4.79 Å². The highest BCUT2D eigenvalue weighted by molar-refractivity contribution is 6.08. The van der Waals surface area contributed by atoms with E-state index < -0.39 is 0 Å². The summed E-state index contributed by atoms with van der Waals surface area (Å²) >= 11 is 0. The minimum atomic E-state index is -0.288. The van der Waals surface area contributed by atoms with Gasteiger partial charge in [-0.15, -0.1) is 0 Å². The van der Waals surface area contributed by atoms with E-state index in [0.29, 0.717) is 34.1 Å². The molecule has 0 atom stereocenters. The molecular weight excluding hydrogens is 384 g/mol. The fourth-order valence-electron chi connectivity index (χ4n) is 3.41. The Morgan fingerprint density at radius 2 is 1.83 bits per heavy atom. The van der Waals surface area contributed by atoms with Gasteiger partial charge in [-0.25, -0.2) is 4.68 Å². The average molecular weight is 406 g/mol. The van der Waals surface area contributed by atoms with Gasteiger partial charge in [-0.1, -0.05) is 6.07 Å². The Morgan fingerprint density at radius 3 is 2.50 bits per heavy atom. The van der Waals surface area contributed by atoms with Crippen LogP contribution in [0.15, 0.2) is 48.7 Å². The Morgan fingerprint density at radius 1 is 1.03 bits per heavy atom. The number of benzene rings is 2. The maximum Gasteiger partial charge on any atom is 0.272 e. The van der Waals surface area contributed by atoms with E-state index in [0.717, 1.165) is 16.8 Å². The van der Waals surface area contributed by atoms with Crippen LogP contribution < -0.4 is 19.5 Å². The number of amides is 1. The molecule has 8 nitrogen and oxygen atoms in total. The quantitative estimate of drug-likeness (QED) is 0.506. The summed E-state index contributed by atoms with van der Waals surface area (Å²) in [6, 6.07) is 12.9. The summed E-state index contributed by atoms with van der Waals surface area (Å²) in [4.78, 5) is 16.0. The number of hydrogen-bond acceptors (Lipinski definition) is 5. The number of methoxy groups -OCH3 is 3. The highest BCUT2D eigenvalue weighted by Crippen LogP contribution is 2.41. The van der Waals surface area contributed by atoms with E-state index in [1.54, 1.807) is 44.3 Å². The standard InChI is InChI=1S/C22H22N4O4/c1-13-8-9-23-26(13)15-7-5-6-14(10-15)24-22(27)17-11-16-18(28-2)12-19(29-3)21(30-4)20(16)25-17/h5-12,25H,1-4H3,(H,24,27). The number of fused-ring (bicyclic) bond motifs is 1. The Hall–Kier alpha value is -3.94. The average Bonchev–Trinajstić information content (AvgIpc) is 3.39. The monoisotopic (exact) mass is 406 g/mol. The number of anilines is 1. The van der Waals surface area contributed by atoms with Crippen molar-refractivity contribution in [2.75, 3.05) is 26.6 Å². The predicted molar refractivity (Wildman–Crippen MR) is 114 cm³/mol. The lowest BCUT2D eigenvalue weighted by Crippen LogP contribution is -2.12. The molecule has 0 aliphatic carbocycles. The second kappa shape index (κ2) is 7.82. The Balaban J connectivity index is 1.68. The molecule has 0 spiro atoms. The summed E-state index contributed by atoms with van der Waals surface area (Å²) in [7, 11) is 4.66. The molecule has 154 valence electrons. The van der Waals surface area contributed by atoms with Crippen LogP contribution in [0.2, 0.25) is 0 Å². The maximum absolute atomic E-state index is 12.9. The van der Waals surface area contributed by atoms with E-state index in [2.05, 4.69) is 15.4 Å². The van der Waals surface area contributed by atoms with E-state index in [-0.39, 0.29) is 5.91 Å². The summed E-state index contributed by atoms with van der Waals surface area (Å²) in [6.07, 6.45) is 1.74. The van der Waals surface area contributed by atoms with Crippen LogP contribution in [-0.2, 0) is 0 Å². The molecule has 0 aliphatic heterocycles. The fourth-order valence-corrected chi connectivity index (χ4v) is 3.41. The van der Waals surface area contributed by atoms with Gasteiger partial charge in [0.2, 0.25) is 0 Å². The van der Waals surface area contributed by atoms with Crippen LogP contribution in [0, 0.1) is 6.92 Å². The van der Waals surface area contributed by atoms with Gasteiger partial charge in [-0.3, -0.25) is 4.79 Å². The second-order valence-electron chi connectivity index (χ2n) is 6.67. The minimum absolute atomic E-state index is 0.288. The highest BCUT2D eigenvalue weighted by atomic mass is 16.5. The molecule has 2 aromatic carbocycles. The number of nitrogens with zero attached hydrogens (tertiary/aromatic N) is 2. The van der Waals surface area contributed by atoms with Gasteiger partial charge in [-0.2, -0.15) is 5.10 Å². The van der Waals surface area contributed by atoms with Crippen LogP contribution in [-0.4, -0.2) is 42.0 Å². The first-order valence-electron chi connectivity index (χ1n) is 9.29. The highest BCUT2D eigenvalue weighted by Gasteiger charge is 2.19. The van der Waals surface area contributed by atoms with Crippen molar-refractivity contribution in [3.8, 4) is 22.9 Å². The molecule has 1 amide bonds. The van der Waals surface area contributed by atoms with E-state index >= 15 is 0 Å². The Kier molecular flexibility index (Phi) is 5.05. The third-order valence-corrected chi connectivity index (χ3v) is 4.87. The molecule has 0 unspecified atom stereocenters. The molecular formula is C22H22N4O4. The molecule has 4 aromatic rings. The van der Waals surface area contributed by atoms with Gasteiger partial charge in [0.05, 0.1) is 32.5 Å². The minimum Gasteiger partial charge on any atom is -0.496 e. The summed E-state index contributed by atoms with van der Waals surface area (Å²) < 4.78 is 18.1. The molecule has 30 heavy (non-hydrogen) atoms.